The smallest absolute Gasteiger partial charge is 0.246 e. The van der Waals surface area contributed by atoms with Gasteiger partial charge >= 0.3 is 0 Å². The van der Waals surface area contributed by atoms with E-state index in [1.165, 1.54) is 0 Å². The summed E-state index contributed by atoms with van der Waals surface area (Å²) in [5.41, 5.74) is 2.58. The first kappa shape index (κ1) is 16.7. The number of ether oxygens (including phenoxy) is 2. The molecule has 0 spiro atoms. The molecule has 1 unspecified atom stereocenters. The van der Waals surface area contributed by atoms with Gasteiger partial charge in [-0.05, 0) is 37.6 Å². The van der Waals surface area contributed by atoms with Crippen LogP contribution in [-0.2, 0) is 4.79 Å². The van der Waals surface area contributed by atoms with Crippen LogP contribution in [0.4, 0.5) is 11.4 Å². The van der Waals surface area contributed by atoms with Crippen molar-refractivity contribution in [2.75, 3.05) is 24.9 Å². The molecule has 0 fully saturated rings. The Morgan fingerprint density at radius 1 is 1.04 bits per heavy atom. The molecule has 0 aliphatic carbocycles. The van der Waals surface area contributed by atoms with Crippen LogP contribution in [0.15, 0.2) is 42.5 Å². The van der Waals surface area contributed by atoms with Gasteiger partial charge in [-0.1, -0.05) is 18.2 Å². The van der Waals surface area contributed by atoms with Gasteiger partial charge in [0.15, 0.2) is 11.5 Å². The molecular weight excluding hydrogens is 292 g/mol. The van der Waals surface area contributed by atoms with Crippen molar-refractivity contribution < 1.29 is 14.3 Å². The van der Waals surface area contributed by atoms with E-state index >= 15 is 0 Å². The number of rotatable bonds is 6. The van der Waals surface area contributed by atoms with Crippen molar-refractivity contribution in [1.82, 2.24) is 0 Å². The molecule has 1 atom stereocenters. The molecule has 0 aliphatic rings. The van der Waals surface area contributed by atoms with Crippen molar-refractivity contribution in [2.45, 2.75) is 19.9 Å². The van der Waals surface area contributed by atoms with Crippen LogP contribution in [0.25, 0.3) is 0 Å². The molecule has 1 amide bonds. The number of hydrogen-bond acceptors (Lipinski definition) is 4. The van der Waals surface area contributed by atoms with E-state index in [0.29, 0.717) is 11.5 Å². The van der Waals surface area contributed by atoms with Crippen LogP contribution in [0.5, 0.6) is 11.5 Å². The SMILES string of the molecule is COc1cc(C)c(NC(C)C(=O)Nc2ccccc2)cc1OC. The highest BCUT2D eigenvalue weighted by atomic mass is 16.5. The average molecular weight is 314 g/mol. The first-order valence-corrected chi connectivity index (χ1v) is 7.40. The summed E-state index contributed by atoms with van der Waals surface area (Å²) >= 11 is 0. The predicted molar refractivity (Wildman–Crippen MR) is 92.4 cm³/mol. The van der Waals surface area contributed by atoms with Gasteiger partial charge in [-0.15, -0.1) is 0 Å². The quantitative estimate of drug-likeness (QED) is 0.857. The molecule has 0 bridgehead atoms. The minimum atomic E-state index is -0.396. The highest BCUT2D eigenvalue weighted by molar-refractivity contribution is 5.96. The average Bonchev–Trinajstić information content (AvgIpc) is 2.57. The van der Waals surface area contributed by atoms with E-state index in [2.05, 4.69) is 10.6 Å². The number of nitrogens with one attached hydrogen (secondary N) is 2. The molecule has 23 heavy (non-hydrogen) atoms. The molecular formula is C18H22N2O3. The number of anilines is 2. The molecule has 0 heterocycles. The van der Waals surface area contributed by atoms with Crippen LogP contribution in [0, 0.1) is 6.92 Å². The third kappa shape index (κ3) is 4.16. The molecule has 122 valence electrons. The molecule has 2 aromatic rings. The molecule has 2 N–H and O–H groups in total. The van der Waals surface area contributed by atoms with E-state index in [1.54, 1.807) is 14.2 Å². The lowest BCUT2D eigenvalue weighted by atomic mass is 10.1. The van der Waals surface area contributed by atoms with E-state index in [4.69, 9.17) is 9.47 Å². The zero-order chi connectivity index (χ0) is 16.8. The van der Waals surface area contributed by atoms with Gasteiger partial charge in [-0.25, -0.2) is 0 Å². The molecule has 0 radical (unpaired) electrons. The summed E-state index contributed by atoms with van der Waals surface area (Å²) in [4.78, 5) is 12.3. The largest absolute Gasteiger partial charge is 0.493 e. The van der Waals surface area contributed by atoms with Gasteiger partial charge in [0.2, 0.25) is 5.91 Å². The maximum Gasteiger partial charge on any atom is 0.246 e. The summed E-state index contributed by atoms with van der Waals surface area (Å²) in [6.45, 7) is 3.76. The lowest BCUT2D eigenvalue weighted by molar-refractivity contribution is -0.116. The predicted octanol–water partition coefficient (Wildman–Crippen LogP) is 3.45. The van der Waals surface area contributed by atoms with Gasteiger partial charge in [-0.2, -0.15) is 0 Å². The van der Waals surface area contributed by atoms with Gasteiger partial charge in [0, 0.05) is 17.4 Å². The third-order valence-electron chi connectivity index (χ3n) is 3.54. The van der Waals surface area contributed by atoms with Gasteiger partial charge in [0.25, 0.3) is 0 Å². The maximum absolute atomic E-state index is 12.3. The highest BCUT2D eigenvalue weighted by Crippen LogP contribution is 2.33. The second-order valence-electron chi connectivity index (χ2n) is 5.24. The lowest BCUT2D eigenvalue weighted by Gasteiger charge is -2.18. The Morgan fingerprint density at radius 3 is 2.26 bits per heavy atom. The molecule has 5 heteroatoms. The first-order chi connectivity index (χ1) is 11.0. The fourth-order valence-corrected chi connectivity index (χ4v) is 2.21. The minimum Gasteiger partial charge on any atom is -0.493 e. The number of methoxy groups -OCH3 is 2. The van der Waals surface area contributed by atoms with Gasteiger partial charge in [0.1, 0.15) is 6.04 Å². The van der Waals surface area contributed by atoms with E-state index in [-0.39, 0.29) is 5.91 Å². The zero-order valence-corrected chi connectivity index (χ0v) is 13.8. The van der Waals surface area contributed by atoms with E-state index in [9.17, 15) is 4.79 Å². The number of benzene rings is 2. The summed E-state index contributed by atoms with van der Waals surface area (Å²) in [7, 11) is 3.18. The van der Waals surface area contributed by atoms with E-state index in [1.807, 2.05) is 56.3 Å². The number of carbonyl (C=O) groups excluding carboxylic acids is 1. The lowest BCUT2D eigenvalue weighted by Crippen LogP contribution is -2.32. The number of aryl methyl sites for hydroxylation is 1. The van der Waals surface area contributed by atoms with Crippen molar-refractivity contribution >= 4 is 17.3 Å². The Kier molecular flexibility index (Phi) is 5.46. The van der Waals surface area contributed by atoms with Crippen LogP contribution < -0.4 is 20.1 Å². The molecule has 0 saturated carbocycles. The molecule has 0 aromatic heterocycles. The Morgan fingerprint density at radius 2 is 1.65 bits per heavy atom. The fourth-order valence-electron chi connectivity index (χ4n) is 2.21. The van der Waals surface area contributed by atoms with Crippen molar-refractivity contribution in [2.24, 2.45) is 0 Å². The van der Waals surface area contributed by atoms with Crippen molar-refractivity contribution in [3.63, 3.8) is 0 Å². The van der Waals surface area contributed by atoms with Crippen molar-refractivity contribution in [3.8, 4) is 11.5 Å². The van der Waals surface area contributed by atoms with Crippen LogP contribution >= 0.6 is 0 Å². The molecule has 0 aliphatic heterocycles. The number of amides is 1. The summed E-state index contributed by atoms with van der Waals surface area (Å²) in [5, 5.41) is 6.08. The third-order valence-corrected chi connectivity index (χ3v) is 3.54. The molecule has 0 saturated heterocycles. The zero-order valence-electron chi connectivity index (χ0n) is 13.8. The van der Waals surface area contributed by atoms with Crippen LogP contribution in [0.3, 0.4) is 0 Å². The Labute approximate surface area is 136 Å². The Hall–Kier alpha value is -2.69. The topological polar surface area (TPSA) is 59.6 Å². The molecule has 2 rings (SSSR count). The number of carbonyl (C=O) groups is 1. The monoisotopic (exact) mass is 314 g/mol. The summed E-state index contributed by atoms with van der Waals surface area (Å²) in [6.07, 6.45) is 0. The van der Waals surface area contributed by atoms with Crippen LogP contribution in [0.1, 0.15) is 12.5 Å². The van der Waals surface area contributed by atoms with Crippen molar-refractivity contribution in [3.05, 3.63) is 48.0 Å². The number of hydrogen-bond donors (Lipinski definition) is 2. The first-order valence-electron chi connectivity index (χ1n) is 7.40. The van der Waals surface area contributed by atoms with Crippen molar-refractivity contribution in [1.29, 1.82) is 0 Å². The standard InChI is InChI=1S/C18H22N2O3/c1-12-10-16(22-3)17(23-4)11-15(12)19-13(2)18(21)20-14-8-6-5-7-9-14/h5-11,13,19H,1-4H3,(H,20,21). The highest BCUT2D eigenvalue weighted by Gasteiger charge is 2.15. The van der Waals surface area contributed by atoms with Crippen LogP contribution in [-0.4, -0.2) is 26.2 Å². The summed E-state index contributed by atoms with van der Waals surface area (Å²) in [6, 6.07) is 12.7. The Balaban J connectivity index is 2.10. The Bertz CT molecular complexity index is 671. The van der Waals surface area contributed by atoms with Crippen LogP contribution in [0.2, 0.25) is 0 Å². The maximum atomic E-state index is 12.3. The summed E-state index contributed by atoms with van der Waals surface area (Å²) in [5.74, 6) is 1.18. The van der Waals surface area contributed by atoms with Gasteiger partial charge < -0.3 is 20.1 Å². The van der Waals surface area contributed by atoms with E-state index in [0.717, 1.165) is 16.9 Å². The second-order valence-corrected chi connectivity index (χ2v) is 5.24. The van der Waals surface area contributed by atoms with Gasteiger partial charge in [0.05, 0.1) is 14.2 Å². The molecule has 5 nitrogen and oxygen atoms in total. The fraction of sp³-hybridized carbons (Fsp3) is 0.278. The van der Waals surface area contributed by atoms with Gasteiger partial charge in [-0.3, -0.25) is 4.79 Å². The molecule has 2 aromatic carbocycles. The summed E-state index contributed by atoms with van der Waals surface area (Å²) < 4.78 is 10.6. The normalized spacial score (nSPS) is 11.5. The van der Waals surface area contributed by atoms with E-state index < -0.39 is 6.04 Å². The second kappa shape index (κ2) is 7.54. The minimum absolute atomic E-state index is 0.106. The number of para-hydroxylation sites is 1.